The quantitative estimate of drug-likeness (QED) is 0.531. The van der Waals surface area contributed by atoms with E-state index in [1.165, 1.54) is 7.11 Å². The van der Waals surface area contributed by atoms with Crippen LogP contribution in [0.2, 0.25) is 0 Å². The molecule has 0 aliphatic heterocycles. The number of hydrogen-bond acceptors (Lipinski definition) is 5. The summed E-state index contributed by atoms with van der Waals surface area (Å²) < 4.78 is 4.41. The second kappa shape index (κ2) is 6.95. The minimum absolute atomic E-state index is 0.0194. The molecule has 1 atom stereocenters. The number of esters is 1. The van der Waals surface area contributed by atoms with Crippen molar-refractivity contribution < 1.29 is 24.2 Å². The summed E-state index contributed by atoms with van der Waals surface area (Å²) >= 11 is 0. The normalized spacial score (nSPS) is 12.7. The number of amides is 1. The van der Waals surface area contributed by atoms with Crippen LogP contribution in [0.15, 0.2) is 0 Å². The molecule has 7 nitrogen and oxygen atoms in total. The highest BCUT2D eigenvalue weighted by Gasteiger charge is 2.30. The topological polar surface area (TPSA) is 119 Å². The van der Waals surface area contributed by atoms with Gasteiger partial charge in [-0.15, -0.1) is 0 Å². The van der Waals surface area contributed by atoms with Gasteiger partial charge in [0.05, 0.1) is 12.5 Å². The number of methoxy groups -OCH3 is 1. The molecule has 0 aromatic carbocycles. The molecule has 4 N–H and O–H groups in total. The van der Waals surface area contributed by atoms with Crippen LogP contribution in [0.25, 0.3) is 0 Å². The average molecular weight is 260 g/mol. The fourth-order valence-corrected chi connectivity index (χ4v) is 1.07. The molecule has 0 aliphatic rings. The van der Waals surface area contributed by atoms with Crippen molar-refractivity contribution in [3.63, 3.8) is 0 Å². The molecule has 0 aromatic heterocycles. The van der Waals surface area contributed by atoms with Crippen LogP contribution in [-0.4, -0.2) is 42.6 Å². The lowest BCUT2D eigenvalue weighted by atomic mass is 9.92. The van der Waals surface area contributed by atoms with Gasteiger partial charge in [-0.3, -0.25) is 9.59 Å². The summed E-state index contributed by atoms with van der Waals surface area (Å²) in [6.07, 6.45) is -0.0921. The van der Waals surface area contributed by atoms with Gasteiger partial charge < -0.3 is 20.9 Å². The van der Waals surface area contributed by atoms with E-state index in [9.17, 15) is 14.4 Å². The monoisotopic (exact) mass is 260 g/mol. The Balaban J connectivity index is 4.50. The van der Waals surface area contributed by atoms with Gasteiger partial charge in [-0.2, -0.15) is 0 Å². The molecule has 0 aliphatic carbocycles. The number of hydrogen-bond donors (Lipinski definition) is 3. The fraction of sp³-hybridized carbons (Fsp3) is 0.727. The van der Waals surface area contributed by atoms with Gasteiger partial charge in [0, 0.05) is 13.0 Å². The number of carbonyl (C=O) groups is 3. The first kappa shape index (κ1) is 16.4. The van der Waals surface area contributed by atoms with E-state index in [0.29, 0.717) is 0 Å². The van der Waals surface area contributed by atoms with Crippen LogP contribution in [0.5, 0.6) is 0 Å². The number of aliphatic carboxylic acids is 1. The third-order valence-corrected chi connectivity index (χ3v) is 2.59. The number of nitrogens with one attached hydrogen (secondary N) is 1. The molecule has 0 radical (unpaired) electrons. The van der Waals surface area contributed by atoms with Crippen molar-refractivity contribution in [2.45, 2.75) is 32.7 Å². The Morgan fingerprint density at radius 1 is 1.39 bits per heavy atom. The van der Waals surface area contributed by atoms with Crippen LogP contribution in [0.3, 0.4) is 0 Å². The van der Waals surface area contributed by atoms with Gasteiger partial charge in [0.15, 0.2) is 0 Å². The maximum Gasteiger partial charge on any atom is 0.326 e. The smallest absolute Gasteiger partial charge is 0.326 e. The SMILES string of the molecule is COC(=O)CC[C@H](NC(=O)C(C)(C)CN)C(=O)O. The van der Waals surface area contributed by atoms with Crippen molar-refractivity contribution in [1.29, 1.82) is 0 Å². The summed E-state index contributed by atoms with van der Waals surface area (Å²) in [4.78, 5) is 33.6. The van der Waals surface area contributed by atoms with Crippen LogP contribution in [0.4, 0.5) is 0 Å². The molecule has 18 heavy (non-hydrogen) atoms. The molecular weight excluding hydrogens is 240 g/mol. The van der Waals surface area contributed by atoms with Crippen LogP contribution in [-0.2, 0) is 19.1 Å². The highest BCUT2D eigenvalue weighted by molar-refractivity contribution is 5.87. The average Bonchev–Trinajstić information content (AvgIpc) is 2.32. The van der Waals surface area contributed by atoms with Gasteiger partial charge in [-0.1, -0.05) is 0 Å². The molecule has 0 spiro atoms. The van der Waals surface area contributed by atoms with Crippen molar-refractivity contribution in [1.82, 2.24) is 5.32 Å². The fourth-order valence-electron chi connectivity index (χ4n) is 1.07. The first-order valence-electron chi connectivity index (χ1n) is 5.55. The molecule has 0 rings (SSSR count). The number of carboxylic acid groups (broad SMARTS) is 1. The van der Waals surface area contributed by atoms with Gasteiger partial charge in [0.25, 0.3) is 0 Å². The van der Waals surface area contributed by atoms with E-state index >= 15 is 0 Å². The Labute approximate surface area is 106 Å². The molecule has 0 bridgehead atoms. The second-order valence-corrected chi connectivity index (χ2v) is 4.57. The van der Waals surface area contributed by atoms with Crippen molar-refractivity contribution in [2.75, 3.05) is 13.7 Å². The Morgan fingerprint density at radius 2 is 1.94 bits per heavy atom. The van der Waals surface area contributed by atoms with Crippen molar-refractivity contribution in [2.24, 2.45) is 11.1 Å². The molecule has 0 saturated carbocycles. The predicted molar refractivity (Wildman–Crippen MR) is 63.7 cm³/mol. The third-order valence-electron chi connectivity index (χ3n) is 2.59. The second-order valence-electron chi connectivity index (χ2n) is 4.57. The number of carbonyl (C=O) groups excluding carboxylic acids is 2. The van der Waals surface area contributed by atoms with Gasteiger partial charge in [0.2, 0.25) is 5.91 Å². The minimum Gasteiger partial charge on any atom is -0.480 e. The molecule has 7 heteroatoms. The van der Waals surface area contributed by atoms with E-state index < -0.39 is 29.3 Å². The van der Waals surface area contributed by atoms with Crippen LogP contribution in [0.1, 0.15) is 26.7 Å². The molecule has 104 valence electrons. The van der Waals surface area contributed by atoms with Gasteiger partial charge in [0.1, 0.15) is 6.04 Å². The Morgan fingerprint density at radius 3 is 2.33 bits per heavy atom. The first-order valence-corrected chi connectivity index (χ1v) is 5.55. The maximum atomic E-state index is 11.8. The Bertz CT molecular complexity index is 327. The standard InChI is InChI=1S/C11H20N2O5/c1-11(2,6-12)10(17)13-7(9(15)16)4-5-8(14)18-3/h7H,4-6,12H2,1-3H3,(H,13,17)(H,15,16)/t7-/m0/s1. The summed E-state index contributed by atoms with van der Waals surface area (Å²) in [6, 6.07) is -1.12. The minimum atomic E-state index is -1.19. The zero-order valence-corrected chi connectivity index (χ0v) is 10.9. The predicted octanol–water partition coefficient (Wildman–Crippen LogP) is -0.506. The third kappa shape index (κ3) is 5.13. The summed E-state index contributed by atoms with van der Waals surface area (Å²) in [5.41, 5.74) is 4.57. The van der Waals surface area contributed by atoms with E-state index in [4.69, 9.17) is 10.8 Å². The lowest BCUT2D eigenvalue weighted by Gasteiger charge is -2.24. The summed E-state index contributed by atoms with van der Waals surface area (Å²) in [5, 5.41) is 11.3. The highest BCUT2D eigenvalue weighted by Crippen LogP contribution is 2.13. The van der Waals surface area contributed by atoms with Crippen LogP contribution >= 0.6 is 0 Å². The number of ether oxygens (including phenoxy) is 1. The van der Waals surface area contributed by atoms with Crippen molar-refractivity contribution in [3.8, 4) is 0 Å². The maximum absolute atomic E-state index is 11.8. The van der Waals surface area contributed by atoms with Gasteiger partial charge in [-0.25, -0.2) is 4.79 Å². The van der Waals surface area contributed by atoms with Crippen LogP contribution in [0, 0.1) is 5.41 Å². The number of nitrogens with two attached hydrogens (primary N) is 1. The molecule has 0 fully saturated rings. The molecule has 0 saturated heterocycles. The molecule has 0 unspecified atom stereocenters. The molecular formula is C11H20N2O5. The summed E-state index contributed by atoms with van der Waals surface area (Å²) in [5.74, 6) is -2.17. The lowest BCUT2D eigenvalue weighted by Crippen LogP contribution is -2.49. The highest BCUT2D eigenvalue weighted by atomic mass is 16.5. The summed E-state index contributed by atoms with van der Waals surface area (Å²) in [6.45, 7) is 3.32. The largest absolute Gasteiger partial charge is 0.480 e. The van der Waals surface area contributed by atoms with Crippen LogP contribution < -0.4 is 11.1 Å². The van der Waals surface area contributed by atoms with E-state index in [2.05, 4.69) is 10.1 Å². The lowest BCUT2D eigenvalue weighted by molar-refractivity contribution is -0.145. The number of carboxylic acids is 1. The Hall–Kier alpha value is -1.63. The van der Waals surface area contributed by atoms with E-state index in [0.717, 1.165) is 0 Å². The van der Waals surface area contributed by atoms with E-state index in [1.807, 2.05) is 0 Å². The number of rotatable bonds is 7. The summed E-state index contributed by atoms with van der Waals surface area (Å²) in [7, 11) is 1.22. The van der Waals surface area contributed by atoms with Crippen molar-refractivity contribution in [3.05, 3.63) is 0 Å². The zero-order chi connectivity index (χ0) is 14.3. The van der Waals surface area contributed by atoms with E-state index in [-0.39, 0.29) is 19.4 Å². The Kier molecular flexibility index (Phi) is 6.32. The van der Waals surface area contributed by atoms with E-state index in [1.54, 1.807) is 13.8 Å². The molecule has 0 heterocycles. The zero-order valence-electron chi connectivity index (χ0n) is 10.9. The van der Waals surface area contributed by atoms with Crippen molar-refractivity contribution >= 4 is 17.8 Å². The molecule has 1 amide bonds. The van der Waals surface area contributed by atoms with Gasteiger partial charge in [-0.05, 0) is 20.3 Å². The van der Waals surface area contributed by atoms with Gasteiger partial charge >= 0.3 is 11.9 Å². The molecule has 0 aromatic rings. The first-order chi connectivity index (χ1) is 8.24.